The summed E-state index contributed by atoms with van der Waals surface area (Å²) >= 11 is 0. The van der Waals surface area contributed by atoms with Crippen LogP contribution < -0.4 is 25.1 Å². The topological polar surface area (TPSA) is 91.7 Å². The van der Waals surface area contributed by atoms with Gasteiger partial charge in [0.1, 0.15) is 5.75 Å². The second-order valence-electron chi connectivity index (χ2n) is 6.39. The number of methoxy groups -OCH3 is 3. The molecule has 3 aromatic rings. The molecule has 0 aliphatic heterocycles. The van der Waals surface area contributed by atoms with Gasteiger partial charge in [-0.25, -0.2) is 4.68 Å². The van der Waals surface area contributed by atoms with E-state index in [2.05, 4.69) is 10.4 Å². The maximum absolute atomic E-state index is 12.6. The maximum Gasteiger partial charge on any atom is 0.274 e. The molecule has 0 saturated carbocycles. The molecule has 3 rings (SSSR count). The third-order valence-corrected chi connectivity index (χ3v) is 4.62. The van der Waals surface area contributed by atoms with Crippen LogP contribution in [0.25, 0.3) is 10.8 Å². The number of aromatic nitrogens is 2. The number of amides is 1. The molecular weight excluding hydrogens is 374 g/mol. The molecule has 0 saturated heterocycles. The molecule has 0 bridgehead atoms. The Morgan fingerprint density at radius 1 is 1.00 bits per heavy atom. The average Bonchev–Trinajstić information content (AvgIpc) is 2.75. The van der Waals surface area contributed by atoms with Gasteiger partial charge < -0.3 is 19.5 Å². The van der Waals surface area contributed by atoms with Crippen LogP contribution in [0.3, 0.4) is 0 Å². The summed E-state index contributed by atoms with van der Waals surface area (Å²) in [5, 5.41) is 8.34. The second kappa shape index (κ2) is 8.64. The van der Waals surface area contributed by atoms with Gasteiger partial charge in [0.15, 0.2) is 11.5 Å². The molecule has 1 heterocycles. The number of ether oxygens (including phenoxy) is 3. The minimum Gasteiger partial charge on any atom is -0.496 e. The third kappa shape index (κ3) is 4.16. The lowest BCUT2D eigenvalue weighted by molar-refractivity contribution is -0.120. The van der Waals surface area contributed by atoms with Crippen LogP contribution in [0.5, 0.6) is 17.2 Å². The van der Waals surface area contributed by atoms with Crippen LogP contribution in [-0.2, 0) is 24.8 Å². The molecule has 1 amide bonds. The zero-order valence-corrected chi connectivity index (χ0v) is 16.8. The number of nitrogens with zero attached hydrogens (tertiary/aromatic N) is 2. The van der Waals surface area contributed by atoms with Gasteiger partial charge in [-0.1, -0.05) is 18.2 Å². The molecular formula is C21H23N3O5. The van der Waals surface area contributed by atoms with E-state index in [1.54, 1.807) is 58.7 Å². The van der Waals surface area contributed by atoms with Crippen molar-refractivity contribution in [1.82, 2.24) is 15.1 Å². The monoisotopic (exact) mass is 397 g/mol. The number of fused-ring (bicyclic) bond motifs is 1. The molecule has 0 fully saturated rings. The van der Waals surface area contributed by atoms with Crippen LogP contribution in [0, 0.1) is 0 Å². The Balaban J connectivity index is 1.80. The number of carbonyl (C=O) groups excluding carboxylic acids is 1. The van der Waals surface area contributed by atoms with Crippen LogP contribution in [0.15, 0.2) is 41.2 Å². The van der Waals surface area contributed by atoms with Crippen LogP contribution >= 0.6 is 0 Å². The van der Waals surface area contributed by atoms with Crippen molar-refractivity contribution in [2.75, 3.05) is 21.3 Å². The van der Waals surface area contributed by atoms with Gasteiger partial charge >= 0.3 is 0 Å². The molecule has 8 nitrogen and oxygen atoms in total. The van der Waals surface area contributed by atoms with E-state index in [9.17, 15) is 9.59 Å². The number of hydrogen-bond donors (Lipinski definition) is 1. The second-order valence-corrected chi connectivity index (χ2v) is 6.39. The quantitative estimate of drug-likeness (QED) is 0.654. The molecule has 1 N–H and O–H groups in total. The summed E-state index contributed by atoms with van der Waals surface area (Å²) in [7, 11) is 6.21. The minimum atomic E-state index is -0.224. The molecule has 0 aliphatic carbocycles. The van der Waals surface area contributed by atoms with Gasteiger partial charge in [0, 0.05) is 30.6 Å². The largest absolute Gasteiger partial charge is 0.496 e. The van der Waals surface area contributed by atoms with Gasteiger partial charge in [0.05, 0.1) is 38.8 Å². The summed E-state index contributed by atoms with van der Waals surface area (Å²) in [6.07, 6.45) is 0.0459. The van der Waals surface area contributed by atoms with E-state index in [1.165, 1.54) is 4.68 Å². The van der Waals surface area contributed by atoms with E-state index in [1.807, 2.05) is 6.07 Å². The molecule has 2 aromatic carbocycles. The fourth-order valence-corrected chi connectivity index (χ4v) is 3.15. The standard InChI is InChI=1S/C21H23N3O5/c1-24-21(26)15-8-6-5-7-14(15)16(23-24)10-20(25)22-12-13-9-18(28-3)19(29-4)11-17(13)27-2/h5-9,11H,10,12H2,1-4H3,(H,22,25). The first-order valence-corrected chi connectivity index (χ1v) is 8.99. The van der Waals surface area contributed by atoms with Gasteiger partial charge in [-0.15, -0.1) is 0 Å². The number of rotatable bonds is 7. The molecule has 0 spiro atoms. The van der Waals surface area contributed by atoms with Gasteiger partial charge in [-0.2, -0.15) is 5.10 Å². The maximum atomic E-state index is 12.6. The minimum absolute atomic E-state index is 0.0459. The molecule has 8 heteroatoms. The highest BCUT2D eigenvalue weighted by Gasteiger charge is 2.15. The Kier molecular flexibility index (Phi) is 6.01. The normalized spacial score (nSPS) is 10.6. The highest BCUT2D eigenvalue weighted by atomic mass is 16.5. The van der Waals surface area contributed by atoms with E-state index >= 15 is 0 Å². The van der Waals surface area contributed by atoms with Crippen LogP contribution in [0.1, 0.15) is 11.3 Å². The first kappa shape index (κ1) is 20.2. The molecule has 1 aromatic heterocycles. The molecule has 0 unspecified atom stereocenters. The first-order chi connectivity index (χ1) is 14.0. The number of hydrogen-bond acceptors (Lipinski definition) is 6. The number of nitrogens with one attached hydrogen (secondary N) is 1. The molecule has 0 atom stereocenters. The van der Waals surface area contributed by atoms with Crippen molar-refractivity contribution in [3.63, 3.8) is 0 Å². The van der Waals surface area contributed by atoms with E-state index in [0.29, 0.717) is 33.7 Å². The van der Waals surface area contributed by atoms with Crippen molar-refractivity contribution in [3.05, 3.63) is 58.0 Å². The summed E-state index contributed by atoms with van der Waals surface area (Å²) in [5.41, 5.74) is 1.09. The van der Waals surface area contributed by atoms with Crippen molar-refractivity contribution < 1.29 is 19.0 Å². The summed E-state index contributed by atoms with van der Waals surface area (Å²) in [4.78, 5) is 24.8. The number of aryl methyl sites for hydroxylation is 1. The smallest absolute Gasteiger partial charge is 0.274 e. The summed E-state index contributed by atoms with van der Waals surface area (Å²) < 4.78 is 17.2. The Labute approximate surface area is 168 Å². The average molecular weight is 397 g/mol. The van der Waals surface area contributed by atoms with Crippen LogP contribution in [0.4, 0.5) is 0 Å². The van der Waals surface area contributed by atoms with Crippen molar-refractivity contribution in [3.8, 4) is 17.2 Å². The SMILES string of the molecule is COc1cc(OC)c(OC)cc1CNC(=O)Cc1nn(C)c(=O)c2ccccc12. The van der Waals surface area contributed by atoms with Gasteiger partial charge in [-0.3, -0.25) is 9.59 Å². The highest BCUT2D eigenvalue weighted by molar-refractivity contribution is 5.88. The highest BCUT2D eigenvalue weighted by Crippen LogP contribution is 2.34. The Morgan fingerprint density at radius 2 is 1.62 bits per heavy atom. The van der Waals surface area contributed by atoms with Crippen molar-refractivity contribution in [1.29, 1.82) is 0 Å². The molecule has 152 valence electrons. The number of benzene rings is 2. The summed E-state index contributed by atoms with van der Waals surface area (Å²) in [6.45, 7) is 0.242. The number of carbonyl (C=O) groups is 1. The molecule has 0 aliphatic rings. The van der Waals surface area contributed by atoms with Crippen molar-refractivity contribution in [2.24, 2.45) is 7.05 Å². The third-order valence-electron chi connectivity index (χ3n) is 4.62. The zero-order valence-electron chi connectivity index (χ0n) is 16.8. The Bertz CT molecular complexity index is 1110. The Hall–Kier alpha value is -3.55. The fraction of sp³-hybridized carbons (Fsp3) is 0.286. The van der Waals surface area contributed by atoms with E-state index in [0.717, 1.165) is 5.56 Å². The lowest BCUT2D eigenvalue weighted by atomic mass is 10.1. The van der Waals surface area contributed by atoms with Crippen molar-refractivity contribution >= 4 is 16.7 Å². The predicted octanol–water partition coefficient (Wildman–Crippen LogP) is 1.82. The zero-order chi connectivity index (χ0) is 21.0. The van der Waals surface area contributed by atoms with Gasteiger partial charge in [0.2, 0.25) is 5.91 Å². The van der Waals surface area contributed by atoms with Gasteiger partial charge in [0.25, 0.3) is 5.56 Å². The Morgan fingerprint density at radius 3 is 2.28 bits per heavy atom. The van der Waals surface area contributed by atoms with Crippen molar-refractivity contribution in [2.45, 2.75) is 13.0 Å². The van der Waals surface area contributed by atoms with Gasteiger partial charge in [-0.05, 0) is 12.1 Å². The van der Waals surface area contributed by atoms with E-state index < -0.39 is 0 Å². The summed E-state index contributed by atoms with van der Waals surface area (Å²) in [6, 6.07) is 10.6. The fourth-order valence-electron chi connectivity index (χ4n) is 3.15. The summed E-state index contributed by atoms with van der Waals surface area (Å²) in [5.74, 6) is 1.44. The lowest BCUT2D eigenvalue weighted by Crippen LogP contribution is -2.28. The van der Waals surface area contributed by atoms with Crippen LogP contribution in [0.2, 0.25) is 0 Å². The predicted molar refractivity (Wildman–Crippen MR) is 109 cm³/mol. The van der Waals surface area contributed by atoms with Crippen LogP contribution in [-0.4, -0.2) is 37.0 Å². The van der Waals surface area contributed by atoms with E-state index in [4.69, 9.17) is 14.2 Å². The molecule has 0 radical (unpaired) electrons. The van der Waals surface area contributed by atoms with E-state index in [-0.39, 0.29) is 24.4 Å². The first-order valence-electron chi connectivity index (χ1n) is 8.99. The lowest BCUT2D eigenvalue weighted by Gasteiger charge is -2.15. The molecule has 29 heavy (non-hydrogen) atoms.